The van der Waals surface area contributed by atoms with Gasteiger partial charge in [-0.25, -0.2) is 0 Å². The second-order valence-corrected chi connectivity index (χ2v) is 4.13. The van der Waals surface area contributed by atoms with E-state index in [1.54, 1.807) is 11.9 Å². The molecule has 0 spiro atoms. The Morgan fingerprint density at radius 3 is 2.75 bits per heavy atom. The fourth-order valence-corrected chi connectivity index (χ4v) is 1.67. The van der Waals surface area contributed by atoms with Crippen molar-refractivity contribution in [2.24, 2.45) is 0 Å². The summed E-state index contributed by atoms with van der Waals surface area (Å²) >= 11 is 0. The molecule has 1 heterocycles. The molecule has 0 aromatic carbocycles. The van der Waals surface area contributed by atoms with Crippen LogP contribution in [0.25, 0.3) is 0 Å². The molecule has 0 radical (unpaired) electrons. The van der Waals surface area contributed by atoms with Gasteiger partial charge in [-0.1, -0.05) is 6.42 Å². The summed E-state index contributed by atoms with van der Waals surface area (Å²) in [5, 5.41) is 5.82. The van der Waals surface area contributed by atoms with Gasteiger partial charge in [-0.3, -0.25) is 9.59 Å². The highest BCUT2D eigenvalue weighted by Gasteiger charge is 2.20. The molecule has 5 heteroatoms. The van der Waals surface area contributed by atoms with Crippen LogP contribution in [0.5, 0.6) is 0 Å². The third-order valence-corrected chi connectivity index (χ3v) is 2.94. The van der Waals surface area contributed by atoms with E-state index in [9.17, 15) is 9.59 Å². The summed E-state index contributed by atoms with van der Waals surface area (Å²) in [7, 11) is 1.73. The van der Waals surface area contributed by atoms with Gasteiger partial charge in [0.2, 0.25) is 11.8 Å². The molecular weight excluding hydrogens is 206 g/mol. The zero-order valence-corrected chi connectivity index (χ0v) is 10.1. The van der Waals surface area contributed by atoms with E-state index in [1.807, 2.05) is 6.92 Å². The van der Waals surface area contributed by atoms with Crippen LogP contribution in [-0.4, -0.2) is 49.4 Å². The van der Waals surface area contributed by atoms with Crippen LogP contribution in [-0.2, 0) is 9.59 Å². The summed E-state index contributed by atoms with van der Waals surface area (Å²) in [5.74, 6) is -0.107. The second kappa shape index (κ2) is 6.48. The first kappa shape index (κ1) is 13.0. The Balaban J connectivity index is 2.26. The molecule has 5 nitrogen and oxygen atoms in total. The van der Waals surface area contributed by atoms with Crippen LogP contribution in [0.3, 0.4) is 0 Å². The molecule has 1 saturated heterocycles. The third kappa shape index (κ3) is 3.81. The largest absolute Gasteiger partial charge is 0.346 e. The molecule has 0 unspecified atom stereocenters. The number of carbonyl (C=O) groups is 2. The van der Waals surface area contributed by atoms with Gasteiger partial charge in [-0.05, 0) is 26.3 Å². The number of carbonyl (C=O) groups excluding carboxylic acids is 2. The maximum absolute atomic E-state index is 11.7. The summed E-state index contributed by atoms with van der Waals surface area (Å²) < 4.78 is 0. The number of rotatable bonds is 4. The van der Waals surface area contributed by atoms with Crippen molar-refractivity contribution in [3.8, 4) is 0 Å². The molecule has 1 aliphatic heterocycles. The molecule has 1 fully saturated rings. The zero-order valence-electron chi connectivity index (χ0n) is 10.1. The van der Waals surface area contributed by atoms with Crippen molar-refractivity contribution in [2.75, 3.05) is 26.7 Å². The summed E-state index contributed by atoms with van der Waals surface area (Å²) in [5.41, 5.74) is 0. The van der Waals surface area contributed by atoms with Crippen LogP contribution in [0.15, 0.2) is 0 Å². The van der Waals surface area contributed by atoms with Gasteiger partial charge in [0.15, 0.2) is 0 Å². The van der Waals surface area contributed by atoms with Crippen molar-refractivity contribution in [1.29, 1.82) is 0 Å². The van der Waals surface area contributed by atoms with Crippen LogP contribution in [0.4, 0.5) is 0 Å². The van der Waals surface area contributed by atoms with Gasteiger partial charge in [0, 0.05) is 13.6 Å². The Bertz CT molecular complexity index is 250. The highest BCUT2D eigenvalue weighted by atomic mass is 16.2. The first-order chi connectivity index (χ1) is 7.65. The van der Waals surface area contributed by atoms with Gasteiger partial charge in [-0.2, -0.15) is 0 Å². The Labute approximate surface area is 96.6 Å². The molecule has 2 amide bonds. The molecule has 0 aromatic heterocycles. The summed E-state index contributed by atoms with van der Waals surface area (Å²) in [6, 6.07) is -0.117. The highest BCUT2D eigenvalue weighted by Crippen LogP contribution is 2.06. The predicted molar refractivity (Wildman–Crippen MR) is 62.0 cm³/mol. The summed E-state index contributed by atoms with van der Waals surface area (Å²) in [6.07, 6.45) is 3.07. The molecule has 1 aliphatic rings. The maximum Gasteiger partial charge on any atom is 0.241 e. The van der Waals surface area contributed by atoms with Gasteiger partial charge in [0.05, 0.1) is 12.6 Å². The van der Waals surface area contributed by atoms with Crippen LogP contribution in [0.1, 0.15) is 26.2 Å². The van der Waals surface area contributed by atoms with E-state index in [-0.39, 0.29) is 24.4 Å². The summed E-state index contributed by atoms with van der Waals surface area (Å²) in [4.78, 5) is 24.7. The van der Waals surface area contributed by atoms with Gasteiger partial charge < -0.3 is 15.5 Å². The first-order valence-electron chi connectivity index (χ1n) is 5.90. The van der Waals surface area contributed by atoms with Gasteiger partial charge in [0.25, 0.3) is 0 Å². The molecule has 0 bridgehead atoms. The minimum absolute atomic E-state index is 0.0494. The lowest BCUT2D eigenvalue weighted by Crippen LogP contribution is -2.49. The number of nitrogens with one attached hydrogen (secondary N) is 2. The SMILES string of the molecule is CCN(C)C(=O)CNC(=O)[C@@H]1CCCCN1. The molecule has 2 N–H and O–H groups in total. The van der Waals surface area contributed by atoms with E-state index in [0.717, 1.165) is 25.8 Å². The van der Waals surface area contributed by atoms with Crippen molar-refractivity contribution in [1.82, 2.24) is 15.5 Å². The van der Waals surface area contributed by atoms with E-state index in [1.165, 1.54) is 0 Å². The van der Waals surface area contributed by atoms with Gasteiger partial charge in [0.1, 0.15) is 0 Å². The van der Waals surface area contributed by atoms with E-state index in [4.69, 9.17) is 0 Å². The number of hydrogen-bond acceptors (Lipinski definition) is 3. The van der Waals surface area contributed by atoms with E-state index in [2.05, 4.69) is 10.6 Å². The standard InChI is InChI=1S/C11H21N3O2/c1-3-14(2)10(15)8-13-11(16)9-6-4-5-7-12-9/h9,12H,3-8H2,1-2H3,(H,13,16)/t9-/m0/s1. The Hall–Kier alpha value is -1.10. The minimum Gasteiger partial charge on any atom is -0.346 e. The Kier molecular flexibility index (Phi) is 5.25. The van der Waals surface area contributed by atoms with Crippen molar-refractivity contribution in [3.05, 3.63) is 0 Å². The topological polar surface area (TPSA) is 61.4 Å². The predicted octanol–water partition coefficient (Wildman–Crippen LogP) is -0.277. The molecule has 0 saturated carbocycles. The number of piperidine rings is 1. The van der Waals surface area contributed by atoms with Crippen molar-refractivity contribution >= 4 is 11.8 Å². The average molecular weight is 227 g/mol. The molecular formula is C11H21N3O2. The smallest absolute Gasteiger partial charge is 0.241 e. The Morgan fingerprint density at radius 1 is 1.44 bits per heavy atom. The quantitative estimate of drug-likeness (QED) is 0.694. The van der Waals surface area contributed by atoms with Crippen LogP contribution < -0.4 is 10.6 Å². The lowest BCUT2D eigenvalue weighted by Gasteiger charge is -2.23. The average Bonchev–Trinajstić information content (AvgIpc) is 2.35. The zero-order chi connectivity index (χ0) is 12.0. The van der Waals surface area contributed by atoms with Crippen LogP contribution in [0, 0.1) is 0 Å². The molecule has 16 heavy (non-hydrogen) atoms. The van der Waals surface area contributed by atoms with E-state index < -0.39 is 0 Å². The molecule has 0 aromatic rings. The fourth-order valence-electron chi connectivity index (χ4n) is 1.67. The summed E-state index contributed by atoms with van der Waals surface area (Å²) in [6.45, 7) is 3.56. The van der Waals surface area contributed by atoms with Gasteiger partial charge >= 0.3 is 0 Å². The fraction of sp³-hybridized carbons (Fsp3) is 0.818. The second-order valence-electron chi connectivity index (χ2n) is 4.13. The molecule has 1 rings (SSSR count). The molecule has 92 valence electrons. The first-order valence-corrected chi connectivity index (χ1v) is 5.90. The van der Waals surface area contributed by atoms with E-state index in [0.29, 0.717) is 6.54 Å². The number of hydrogen-bond donors (Lipinski definition) is 2. The molecule has 1 atom stereocenters. The molecule has 0 aliphatic carbocycles. The highest BCUT2D eigenvalue weighted by molar-refractivity contribution is 5.87. The number of nitrogens with zero attached hydrogens (tertiary/aromatic N) is 1. The maximum atomic E-state index is 11.7. The van der Waals surface area contributed by atoms with Crippen molar-refractivity contribution in [3.63, 3.8) is 0 Å². The van der Waals surface area contributed by atoms with Crippen LogP contribution in [0.2, 0.25) is 0 Å². The number of amides is 2. The van der Waals surface area contributed by atoms with Gasteiger partial charge in [-0.15, -0.1) is 0 Å². The minimum atomic E-state index is -0.117. The van der Waals surface area contributed by atoms with Crippen molar-refractivity contribution in [2.45, 2.75) is 32.2 Å². The Morgan fingerprint density at radius 2 is 2.19 bits per heavy atom. The monoisotopic (exact) mass is 227 g/mol. The van der Waals surface area contributed by atoms with Crippen LogP contribution >= 0.6 is 0 Å². The number of likely N-dealkylation sites (N-methyl/N-ethyl adjacent to an activating group) is 1. The van der Waals surface area contributed by atoms with E-state index >= 15 is 0 Å². The normalized spacial score (nSPS) is 20.2. The lowest BCUT2D eigenvalue weighted by atomic mass is 10.0. The third-order valence-electron chi connectivity index (χ3n) is 2.94. The van der Waals surface area contributed by atoms with Crippen molar-refractivity contribution < 1.29 is 9.59 Å². The lowest BCUT2D eigenvalue weighted by molar-refractivity contribution is -0.132.